The van der Waals surface area contributed by atoms with E-state index in [4.69, 9.17) is 14.6 Å². The van der Waals surface area contributed by atoms with Gasteiger partial charge in [0.1, 0.15) is 6.61 Å². The van der Waals surface area contributed by atoms with Crippen molar-refractivity contribution in [3.8, 4) is 11.5 Å². The van der Waals surface area contributed by atoms with E-state index in [0.717, 1.165) is 11.3 Å². The number of pyridine rings is 1. The average Bonchev–Trinajstić information content (AvgIpc) is 2.54. The Morgan fingerprint density at radius 1 is 1.09 bits per heavy atom. The molecule has 0 saturated heterocycles. The van der Waals surface area contributed by atoms with Gasteiger partial charge in [-0.15, -0.1) is 24.8 Å². The summed E-state index contributed by atoms with van der Waals surface area (Å²) in [6.07, 6.45) is 1.79. The van der Waals surface area contributed by atoms with Gasteiger partial charge >= 0.3 is 0 Å². The third kappa shape index (κ3) is 7.05. The number of aliphatic hydroxyl groups excluding tert-OH is 1. The molecule has 0 saturated carbocycles. The first-order chi connectivity index (χ1) is 10.3. The summed E-state index contributed by atoms with van der Waals surface area (Å²) in [5.41, 5.74) is 2.10. The fourth-order valence-corrected chi connectivity index (χ4v) is 1.93. The zero-order valence-electron chi connectivity index (χ0n) is 12.9. The highest BCUT2D eigenvalue weighted by Gasteiger charge is 2.05. The number of nitrogens with one attached hydrogen (secondary N) is 1. The summed E-state index contributed by atoms with van der Waals surface area (Å²) in [5.74, 6) is 1.31. The molecular weight excluding hydrogens is 339 g/mol. The second kappa shape index (κ2) is 12.0. The Labute approximate surface area is 148 Å². The van der Waals surface area contributed by atoms with Crippen molar-refractivity contribution < 1.29 is 14.6 Å². The van der Waals surface area contributed by atoms with E-state index in [0.29, 0.717) is 24.6 Å². The van der Waals surface area contributed by atoms with Crippen LogP contribution in [-0.4, -0.2) is 30.4 Å². The van der Waals surface area contributed by atoms with Crippen LogP contribution in [0.5, 0.6) is 11.5 Å². The Morgan fingerprint density at radius 3 is 2.57 bits per heavy atom. The Kier molecular flexibility index (Phi) is 11.2. The highest BCUT2D eigenvalue weighted by Crippen LogP contribution is 2.27. The van der Waals surface area contributed by atoms with Crippen LogP contribution in [0.25, 0.3) is 0 Å². The molecule has 0 radical (unpaired) electrons. The van der Waals surface area contributed by atoms with Crippen LogP contribution in [0.1, 0.15) is 11.3 Å². The van der Waals surface area contributed by atoms with Gasteiger partial charge in [0.2, 0.25) is 0 Å². The molecule has 0 bridgehead atoms. The van der Waals surface area contributed by atoms with E-state index in [1.165, 1.54) is 0 Å². The number of nitrogens with zero attached hydrogens (tertiary/aromatic N) is 1. The topological polar surface area (TPSA) is 63.6 Å². The van der Waals surface area contributed by atoms with Gasteiger partial charge in [0.05, 0.1) is 19.4 Å². The smallest absolute Gasteiger partial charge is 0.161 e. The van der Waals surface area contributed by atoms with Crippen molar-refractivity contribution in [2.24, 2.45) is 0 Å². The van der Waals surface area contributed by atoms with Crippen molar-refractivity contribution in [1.29, 1.82) is 0 Å². The lowest BCUT2D eigenvalue weighted by Crippen LogP contribution is -2.13. The molecule has 0 aliphatic heterocycles. The van der Waals surface area contributed by atoms with Crippen LogP contribution >= 0.6 is 24.8 Å². The zero-order valence-corrected chi connectivity index (χ0v) is 14.5. The largest absolute Gasteiger partial charge is 0.493 e. The molecule has 7 heteroatoms. The first-order valence-electron chi connectivity index (χ1n) is 6.84. The van der Waals surface area contributed by atoms with Crippen molar-refractivity contribution >= 4 is 24.8 Å². The van der Waals surface area contributed by atoms with Crippen molar-refractivity contribution in [2.45, 2.75) is 13.1 Å². The van der Waals surface area contributed by atoms with Gasteiger partial charge in [-0.3, -0.25) is 4.98 Å². The van der Waals surface area contributed by atoms with Gasteiger partial charge in [-0.25, -0.2) is 0 Å². The van der Waals surface area contributed by atoms with E-state index in [9.17, 15) is 0 Å². The number of aliphatic hydroxyl groups is 1. The minimum atomic E-state index is -0.0173. The maximum absolute atomic E-state index is 8.79. The summed E-state index contributed by atoms with van der Waals surface area (Å²) < 4.78 is 10.7. The Morgan fingerprint density at radius 2 is 1.91 bits per heavy atom. The molecular formula is C16H22Cl2N2O3. The van der Waals surface area contributed by atoms with Gasteiger partial charge in [-0.2, -0.15) is 0 Å². The first-order valence-corrected chi connectivity index (χ1v) is 6.84. The van der Waals surface area contributed by atoms with Crippen LogP contribution in [0.3, 0.4) is 0 Å². The Hall–Kier alpha value is -1.53. The van der Waals surface area contributed by atoms with Crippen LogP contribution in [0, 0.1) is 0 Å². The van der Waals surface area contributed by atoms with Crippen LogP contribution < -0.4 is 14.8 Å². The molecule has 1 aromatic carbocycles. The normalized spacial score (nSPS) is 9.48. The summed E-state index contributed by atoms with van der Waals surface area (Å²) in [6, 6.07) is 11.6. The SMILES string of the molecule is COc1cc(CNCc2ccccn2)ccc1OCCO.Cl.Cl. The number of aromatic nitrogens is 1. The lowest BCUT2D eigenvalue weighted by molar-refractivity contribution is 0.196. The van der Waals surface area contributed by atoms with Gasteiger partial charge in [-0.1, -0.05) is 12.1 Å². The summed E-state index contributed by atoms with van der Waals surface area (Å²) >= 11 is 0. The predicted octanol–water partition coefficient (Wildman–Crippen LogP) is 2.59. The van der Waals surface area contributed by atoms with E-state index in [-0.39, 0.29) is 38.0 Å². The van der Waals surface area contributed by atoms with E-state index in [2.05, 4.69) is 10.3 Å². The summed E-state index contributed by atoms with van der Waals surface area (Å²) in [6.45, 7) is 1.67. The van der Waals surface area contributed by atoms with Crippen molar-refractivity contribution in [3.63, 3.8) is 0 Å². The third-order valence-corrected chi connectivity index (χ3v) is 2.94. The van der Waals surface area contributed by atoms with Gasteiger partial charge in [0, 0.05) is 19.3 Å². The standard InChI is InChI=1S/C16H20N2O3.2ClH/c1-20-16-10-13(5-6-15(16)21-9-8-19)11-17-12-14-4-2-3-7-18-14;;/h2-7,10,17,19H,8-9,11-12H2,1H3;2*1H. The number of hydrogen-bond donors (Lipinski definition) is 2. The van der Waals surface area contributed by atoms with Crippen LogP contribution in [0.4, 0.5) is 0 Å². The van der Waals surface area contributed by atoms with Crippen LogP contribution in [0.2, 0.25) is 0 Å². The molecule has 0 atom stereocenters. The highest BCUT2D eigenvalue weighted by atomic mass is 35.5. The number of ether oxygens (including phenoxy) is 2. The lowest BCUT2D eigenvalue weighted by atomic mass is 10.2. The fourth-order valence-electron chi connectivity index (χ4n) is 1.93. The maximum Gasteiger partial charge on any atom is 0.161 e. The summed E-state index contributed by atoms with van der Waals surface area (Å²) in [7, 11) is 1.60. The molecule has 2 rings (SSSR count). The molecule has 0 amide bonds. The van der Waals surface area contributed by atoms with Crippen molar-refractivity contribution in [3.05, 3.63) is 53.9 Å². The quantitative estimate of drug-likeness (QED) is 0.757. The van der Waals surface area contributed by atoms with E-state index in [1.54, 1.807) is 13.3 Å². The number of rotatable bonds is 8. The zero-order chi connectivity index (χ0) is 14.9. The van der Waals surface area contributed by atoms with Crippen molar-refractivity contribution in [1.82, 2.24) is 10.3 Å². The Bertz CT molecular complexity index is 556. The van der Waals surface area contributed by atoms with Gasteiger partial charge < -0.3 is 19.9 Å². The van der Waals surface area contributed by atoms with Crippen molar-refractivity contribution in [2.75, 3.05) is 20.3 Å². The predicted molar refractivity (Wildman–Crippen MR) is 94.9 cm³/mol. The maximum atomic E-state index is 8.79. The second-order valence-electron chi connectivity index (χ2n) is 4.48. The Balaban J connectivity index is 0.00000242. The molecule has 2 aromatic rings. The molecule has 0 spiro atoms. The molecule has 0 aliphatic carbocycles. The molecule has 128 valence electrons. The van der Waals surface area contributed by atoms with E-state index in [1.807, 2.05) is 36.4 Å². The van der Waals surface area contributed by atoms with E-state index >= 15 is 0 Å². The molecule has 0 fully saturated rings. The molecule has 2 N–H and O–H groups in total. The molecule has 23 heavy (non-hydrogen) atoms. The highest BCUT2D eigenvalue weighted by molar-refractivity contribution is 5.85. The number of benzene rings is 1. The van der Waals surface area contributed by atoms with Crippen LogP contribution in [0.15, 0.2) is 42.6 Å². The molecule has 1 aromatic heterocycles. The van der Waals surface area contributed by atoms with Crippen LogP contribution in [-0.2, 0) is 13.1 Å². The first kappa shape index (κ1) is 21.5. The molecule has 1 heterocycles. The number of methoxy groups -OCH3 is 1. The monoisotopic (exact) mass is 360 g/mol. The third-order valence-electron chi connectivity index (χ3n) is 2.94. The second-order valence-corrected chi connectivity index (χ2v) is 4.48. The van der Waals surface area contributed by atoms with E-state index < -0.39 is 0 Å². The molecule has 0 aliphatic rings. The number of hydrogen-bond acceptors (Lipinski definition) is 5. The minimum absolute atomic E-state index is 0. The van der Waals surface area contributed by atoms with Gasteiger partial charge in [-0.05, 0) is 29.8 Å². The average molecular weight is 361 g/mol. The minimum Gasteiger partial charge on any atom is -0.493 e. The molecule has 0 unspecified atom stereocenters. The summed E-state index contributed by atoms with van der Waals surface area (Å²) in [5, 5.41) is 12.1. The lowest BCUT2D eigenvalue weighted by Gasteiger charge is -2.12. The van der Waals surface area contributed by atoms with Gasteiger partial charge in [0.15, 0.2) is 11.5 Å². The number of halogens is 2. The summed E-state index contributed by atoms with van der Waals surface area (Å²) in [4.78, 5) is 4.26. The fraction of sp³-hybridized carbons (Fsp3) is 0.312. The van der Waals surface area contributed by atoms with Gasteiger partial charge in [0.25, 0.3) is 0 Å². The molecule has 5 nitrogen and oxygen atoms in total.